The maximum atomic E-state index is 11.2. The van der Waals surface area contributed by atoms with Crippen LogP contribution in [0.3, 0.4) is 0 Å². The van der Waals surface area contributed by atoms with Crippen molar-refractivity contribution in [1.29, 1.82) is 0 Å². The molecule has 0 aromatic rings. The van der Waals surface area contributed by atoms with Gasteiger partial charge in [-0.1, -0.05) is 5.92 Å². The van der Waals surface area contributed by atoms with Crippen LogP contribution in [0.25, 0.3) is 0 Å². The third kappa shape index (κ3) is 8.26. The standard InChI is InChI=1S/C27H44O20S/c1-2-3-48-27-23(18(38)14(34)10(6-30)44-27)47-26-22(17(37)13(33)9(5-29)43-26)46-25-20(40)21(15(35)11(7-31)42-25)45-24-19(39)16(36)12(32)8(4-28)41-24/h1,8-40H,3-7H2/t8-,9-,10+,11-,12-,13-,14+,15-,16+,17+,18-,19+,20+,21+,22+,23-,24-,25-,26-,27-/m0/s1. The van der Waals surface area contributed by atoms with Crippen molar-refractivity contribution in [1.82, 2.24) is 0 Å². The SMILES string of the molecule is C#CCS[C@@H]1O[C@H](CO)[C@@H](O)[C@H](O)[C@@H]1O[C@@H]1O[C@@H](CO)[C@H](O)[C@@H](O)[C@H]1O[C@@H]1O[C@@H](CO)[C@H](O)[C@@H](O[C@@H]2O[C@@H](CO)[C@H](O)[C@@H](O)[C@H]2O)[C@H]1O. The van der Waals surface area contributed by atoms with Crippen molar-refractivity contribution >= 4 is 11.8 Å². The van der Waals surface area contributed by atoms with E-state index in [2.05, 4.69) is 5.92 Å². The van der Waals surface area contributed by atoms with E-state index in [4.69, 9.17) is 39.6 Å². The van der Waals surface area contributed by atoms with Gasteiger partial charge in [0, 0.05) is 0 Å². The van der Waals surface area contributed by atoms with Gasteiger partial charge in [-0.25, -0.2) is 0 Å². The van der Waals surface area contributed by atoms with E-state index in [9.17, 15) is 66.4 Å². The minimum Gasteiger partial charge on any atom is -0.394 e. The van der Waals surface area contributed by atoms with Crippen LogP contribution in [-0.4, -0.2) is 221 Å². The normalized spacial score (nSPS) is 50.2. The molecule has 0 aromatic heterocycles. The van der Waals surface area contributed by atoms with Crippen LogP contribution in [-0.2, 0) is 33.2 Å². The van der Waals surface area contributed by atoms with Gasteiger partial charge >= 0.3 is 0 Å². The van der Waals surface area contributed by atoms with Gasteiger partial charge in [0.2, 0.25) is 0 Å². The van der Waals surface area contributed by atoms with Gasteiger partial charge < -0.3 is 99.5 Å². The molecule has 4 saturated heterocycles. The zero-order valence-electron chi connectivity index (χ0n) is 25.2. The molecule has 4 aliphatic heterocycles. The number of hydrogen-bond donors (Lipinski definition) is 13. The van der Waals surface area contributed by atoms with Crippen LogP contribution in [0.1, 0.15) is 0 Å². The summed E-state index contributed by atoms with van der Waals surface area (Å²) in [6.07, 6.45) is -27.8. The predicted molar refractivity (Wildman–Crippen MR) is 153 cm³/mol. The topological polar surface area (TPSA) is 328 Å². The fourth-order valence-electron chi connectivity index (χ4n) is 5.75. The first kappa shape index (κ1) is 39.9. The average Bonchev–Trinajstić information content (AvgIpc) is 3.08. The minimum absolute atomic E-state index is 0.0281. The zero-order chi connectivity index (χ0) is 35.4. The highest BCUT2D eigenvalue weighted by atomic mass is 32.2. The zero-order valence-corrected chi connectivity index (χ0v) is 26.1. The highest BCUT2D eigenvalue weighted by molar-refractivity contribution is 8.00. The summed E-state index contributed by atoms with van der Waals surface area (Å²) in [7, 11) is 0. The van der Waals surface area contributed by atoms with Crippen molar-refractivity contribution in [3.05, 3.63) is 0 Å². The van der Waals surface area contributed by atoms with Crippen LogP contribution in [0.15, 0.2) is 0 Å². The largest absolute Gasteiger partial charge is 0.394 e. The summed E-state index contributed by atoms with van der Waals surface area (Å²) in [5, 5.41) is 135. The molecule has 0 aliphatic carbocycles. The van der Waals surface area contributed by atoms with E-state index in [0.717, 1.165) is 11.8 Å². The molecule has 278 valence electrons. The summed E-state index contributed by atoms with van der Waals surface area (Å²) in [5.74, 6) is 2.38. The van der Waals surface area contributed by atoms with Gasteiger partial charge in [0.1, 0.15) is 103 Å². The van der Waals surface area contributed by atoms with Gasteiger partial charge in [0.25, 0.3) is 0 Å². The lowest BCUT2D eigenvalue weighted by molar-refractivity contribution is -0.392. The minimum atomic E-state index is -2.05. The van der Waals surface area contributed by atoms with Crippen molar-refractivity contribution in [3.8, 4) is 12.3 Å². The number of aliphatic hydroxyl groups excluding tert-OH is 13. The number of rotatable bonds is 12. The van der Waals surface area contributed by atoms with Gasteiger partial charge in [-0.05, 0) is 0 Å². The molecule has 48 heavy (non-hydrogen) atoms. The summed E-state index contributed by atoms with van der Waals surface area (Å²) in [4.78, 5) is 0. The molecule has 4 rings (SSSR count). The summed E-state index contributed by atoms with van der Waals surface area (Å²) < 4.78 is 39.3. The molecule has 4 aliphatic rings. The maximum Gasteiger partial charge on any atom is 0.187 e. The van der Waals surface area contributed by atoms with Crippen molar-refractivity contribution in [2.75, 3.05) is 32.2 Å². The highest BCUT2D eigenvalue weighted by Gasteiger charge is 2.55. The molecular formula is C27H44O20S. The lowest BCUT2D eigenvalue weighted by Gasteiger charge is -2.49. The van der Waals surface area contributed by atoms with E-state index in [1.54, 1.807) is 0 Å². The van der Waals surface area contributed by atoms with E-state index in [1.165, 1.54) is 0 Å². The Hall–Kier alpha value is -0.890. The Morgan fingerprint density at radius 3 is 1.42 bits per heavy atom. The fourth-order valence-corrected chi connectivity index (χ4v) is 6.64. The van der Waals surface area contributed by atoms with Crippen molar-refractivity contribution in [2.45, 2.75) is 122 Å². The van der Waals surface area contributed by atoms with E-state index < -0.39 is 148 Å². The molecule has 13 N–H and O–H groups in total. The number of hydrogen-bond acceptors (Lipinski definition) is 21. The molecule has 4 fully saturated rings. The molecular weight excluding hydrogens is 676 g/mol. The maximum absolute atomic E-state index is 11.2. The first-order valence-corrected chi connectivity index (χ1v) is 16.1. The molecule has 0 aromatic carbocycles. The summed E-state index contributed by atoms with van der Waals surface area (Å²) in [6, 6.07) is 0. The monoisotopic (exact) mass is 720 g/mol. The molecule has 0 spiro atoms. The quantitative estimate of drug-likeness (QED) is 0.0832. The van der Waals surface area contributed by atoms with E-state index in [0.29, 0.717) is 0 Å². The Bertz CT molecular complexity index is 1040. The molecule has 0 bridgehead atoms. The molecule has 20 nitrogen and oxygen atoms in total. The fraction of sp³-hybridized carbons (Fsp3) is 0.926. The third-order valence-corrected chi connectivity index (χ3v) is 9.57. The first-order chi connectivity index (χ1) is 22.8. The molecule has 20 atom stereocenters. The number of terminal acetylenes is 1. The highest BCUT2D eigenvalue weighted by Crippen LogP contribution is 2.36. The molecule has 0 radical (unpaired) electrons. The summed E-state index contributed by atoms with van der Waals surface area (Å²) in [6.45, 7) is -3.23. The Labute approximate surface area is 277 Å². The van der Waals surface area contributed by atoms with Crippen LogP contribution in [0.4, 0.5) is 0 Å². The summed E-state index contributed by atoms with van der Waals surface area (Å²) in [5.41, 5.74) is -1.14. The van der Waals surface area contributed by atoms with E-state index in [1.807, 2.05) is 0 Å². The van der Waals surface area contributed by atoms with Gasteiger partial charge in [-0.2, -0.15) is 0 Å². The predicted octanol–water partition coefficient (Wildman–Crippen LogP) is -8.37. The van der Waals surface area contributed by atoms with Crippen LogP contribution in [0.5, 0.6) is 0 Å². The van der Waals surface area contributed by atoms with Crippen LogP contribution < -0.4 is 0 Å². The molecule has 0 saturated carbocycles. The summed E-state index contributed by atoms with van der Waals surface area (Å²) >= 11 is 0.945. The lowest BCUT2D eigenvalue weighted by atomic mass is 9.96. The van der Waals surface area contributed by atoms with Gasteiger partial charge in [0.05, 0.1) is 32.2 Å². The Balaban J connectivity index is 1.59. The van der Waals surface area contributed by atoms with Gasteiger partial charge in [-0.15, -0.1) is 18.2 Å². The average molecular weight is 721 g/mol. The van der Waals surface area contributed by atoms with Crippen molar-refractivity contribution < 1.29 is 99.5 Å². The first-order valence-electron chi connectivity index (χ1n) is 15.0. The van der Waals surface area contributed by atoms with Crippen molar-refractivity contribution in [2.24, 2.45) is 0 Å². The van der Waals surface area contributed by atoms with E-state index in [-0.39, 0.29) is 5.75 Å². The van der Waals surface area contributed by atoms with Crippen LogP contribution in [0.2, 0.25) is 0 Å². The Kier molecular flexibility index (Phi) is 14.6. The second-order valence-electron chi connectivity index (χ2n) is 11.6. The third-order valence-electron chi connectivity index (χ3n) is 8.52. The molecule has 21 heteroatoms. The van der Waals surface area contributed by atoms with E-state index >= 15 is 0 Å². The molecule has 4 heterocycles. The van der Waals surface area contributed by atoms with Crippen LogP contribution >= 0.6 is 11.8 Å². The van der Waals surface area contributed by atoms with Crippen molar-refractivity contribution in [3.63, 3.8) is 0 Å². The Morgan fingerprint density at radius 2 is 0.875 bits per heavy atom. The smallest absolute Gasteiger partial charge is 0.187 e. The number of aliphatic hydroxyl groups is 13. The second-order valence-corrected chi connectivity index (χ2v) is 12.7. The van der Waals surface area contributed by atoms with Gasteiger partial charge in [-0.3, -0.25) is 0 Å². The lowest BCUT2D eigenvalue weighted by Crippen LogP contribution is -2.67. The number of ether oxygens (including phenoxy) is 7. The second kappa shape index (κ2) is 17.6. The molecule has 0 amide bonds. The van der Waals surface area contributed by atoms with Gasteiger partial charge in [0.15, 0.2) is 18.9 Å². The molecule has 0 unspecified atom stereocenters. The van der Waals surface area contributed by atoms with Crippen LogP contribution in [0, 0.1) is 12.3 Å². The Morgan fingerprint density at radius 1 is 0.458 bits per heavy atom. The number of thioether (sulfide) groups is 1.